The Kier molecular flexibility index (Phi) is 6.58. The summed E-state index contributed by atoms with van der Waals surface area (Å²) in [5, 5.41) is 1.30. The van der Waals surface area contributed by atoms with Crippen LogP contribution in [0.15, 0.2) is 30.3 Å². The van der Waals surface area contributed by atoms with Crippen LogP contribution in [0.25, 0.3) is 0 Å². The molecule has 0 aliphatic carbocycles. The zero-order valence-corrected chi connectivity index (χ0v) is 14.1. The van der Waals surface area contributed by atoms with Gasteiger partial charge in [-0.15, -0.1) is 0 Å². The number of nitrogens with zero attached hydrogens (tertiary/aromatic N) is 1. The van der Waals surface area contributed by atoms with E-state index in [1.54, 1.807) is 37.4 Å². The zero-order chi connectivity index (χ0) is 15.9. The molecule has 0 amide bonds. The fourth-order valence-electron chi connectivity index (χ4n) is 1.69. The molecule has 0 fully saturated rings. The van der Waals surface area contributed by atoms with E-state index < -0.39 is 0 Å². The van der Waals surface area contributed by atoms with E-state index in [4.69, 9.17) is 49.0 Å². The molecular weight excluding hydrogens is 349 g/mol. The predicted octanol–water partition coefficient (Wildman–Crippen LogP) is 4.65. The van der Waals surface area contributed by atoms with Crippen molar-refractivity contribution in [3.05, 3.63) is 51.2 Å². The van der Waals surface area contributed by atoms with Gasteiger partial charge in [-0.3, -0.25) is 0 Å². The molecule has 0 aliphatic rings. The maximum atomic E-state index is 6.04. The number of hydrogen-bond donors (Lipinski definition) is 0. The molecule has 0 saturated carbocycles. The molecule has 1 aromatic heterocycles. The third-order valence-corrected chi connectivity index (χ3v) is 3.46. The second-order valence-corrected chi connectivity index (χ2v) is 5.50. The maximum absolute atomic E-state index is 6.04. The van der Waals surface area contributed by atoms with Crippen LogP contribution in [-0.2, 0) is 11.3 Å². The van der Waals surface area contributed by atoms with Crippen LogP contribution in [0.2, 0.25) is 15.2 Å². The minimum absolute atomic E-state index is 0.291. The van der Waals surface area contributed by atoms with Gasteiger partial charge in [-0.2, -0.15) is 0 Å². The molecule has 0 bridgehead atoms. The monoisotopic (exact) mass is 361 g/mol. The van der Waals surface area contributed by atoms with Crippen LogP contribution in [-0.4, -0.2) is 25.3 Å². The number of rotatable bonds is 7. The van der Waals surface area contributed by atoms with Crippen molar-refractivity contribution in [2.75, 3.05) is 20.3 Å². The largest absolute Gasteiger partial charge is 0.488 e. The molecule has 0 N–H and O–H groups in total. The molecule has 1 heterocycles. The molecule has 1 aromatic carbocycles. The van der Waals surface area contributed by atoms with E-state index in [9.17, 15) is 0 Å². The highest BCUT2D eigenvalue weighted by molar-refractivity contribution is 6.35. The summed E-state index contributed by atoms with van der Waals surface area (Å²) in [6, 6.07) is 8.58. The molecule has 22 heavy (non-hydrogen) atoms. The van der Waals surface area contributed by atoms with Crippen LogP contribution in [0.5, 0.6) is 11.5 Å². The highest BCUT2D eigenvalue weighted by Gasteiger charge is 2.06. The van der Waals surface area contributed by atoms with Gasteiger partial charge in [0.05, 0.1) is 17.3 Å². The first-order valence-electron chi connectivity index (χ1n) is 6.45. The minimum atomic E-state index is 0.291. The summed E-state index contributed by atoms with van der Waals surface area (Å²) in [6.45, 7) is 1.03. The summed E-state index contributed by atoms with van der Waals surface area (Å²) in [4.78, 5) is 4.16. The first-order valence-corrected chi connectivity index (χ1v) is 7.58. The van der Waals surface area contributed by atoms with Crippen LogP contribution >= 0.6 is 34.8 Å². The predicted molar refractivity (Wildman–Crippen MR) is 87.4 cm³/mol. The number of benzene rings is 1. The van der Waals surface area contributed by atoms with Gasteiger partial charge in [0.25, 0.3) is 0 Å². The number of ether oxygens (including phenoxy) is 3. The van der Waals surface area contributed by atoms with Gasteiger partial charge in [0.1, 0.15) is 19.0 Å². The van der Waals surface area contributed by atoms with Gasteiger partial charge in [0.15, 0.2) is 10.9 Å². The average Bonchev–Trinajstić information content (AvgIpc) is 2.47. The minimum Gasteiger partial charge on any atom is -0.488 e. The SMILES string of the molecule is COCc1ccc(OCCOc2ccc(Cl)cc2Cl)c(Cl)n1. The maximum Gasteiger partial charge on any atom is 0.171 e. The summed E-state index contributed by atoms with van der Waals surface area (Å²) in [6.07, 6.45) is 0. The number of methoxy groups -OCH3 is 1. The van der Waals surface area contributed by atoms with Crippen LogP contribution in [0.4, 0.5) is 0 Å². The van der Waals surface area contributed by atoms with Gasteiger partial charge in [-0.25, -0.2) is 4.98 Å². The van der Waals surface area contributed by atoms with Crippen molar-refractivity contribution in [1.82, 2.24) is 4.98 Å². The molecule has 0 saturated heterocycles. The van der Waals surface area contributed by atoms with Crippen molar-refractivity contribution in [3.8, 4) is 11.5 Å². The highest BCUT2D eigenvalue weighted by Crippen LogP contribution is 2.27. The first-order chi connectivity index (χ1) is 10.6. The topological polar surface area (TPSA) is 40.6 Å². The lowest BCUT2D eigenvalue weighted by atomic mass is 10.3. The fourth-order valence-corrected chi connectivity index (χ4v) is 2.38. The average molecular weight is 363 g/mol. The summed E-state index contributed by atoms with van der Waals surface area (Å²) in [5.74, 6) is 1.04. The van der Waals surface area contributed by atoms with E-state index in [-0.39, 0.29) is 0 Å². The lowest BCUT2D eigenvalue weighted by Crippen LogP contribution is -2.10. The van der Waals surface area contributed by atoms with E-state index in [1.165, 1.54) is 0 Å². The molecule has 0 radical (unpaired) electrons. The summed E-state index contributed by atoms with van der Waals surface area (Å²) in [7, 11) is 1.60. The van der Waals surface area contributed by atoms with E-state index in [2.05, 4.69) is 4.98 Å². The Bertz CT molecular complexity index is 637. The molecular formula is C15H14Cl3NO3. The van der Waals surface area contributed by atoms with Gasteiger partial charge in [0, 0.05) is 12.1 Å². The van der Waals surface area contributed by atoms with Crippen LogP contribution in [0.3, 0.4) is 0 Å². The van der Waals surface area contributed by atoms with E-state index in [1.807, 2.05) is 0 Å². The lowest BCUT2D eigenvalue weighted by Gasteiger charge is -2.11. The van der Waals surface area contributed by atoms with Crippen LogP contribution < -0.4 is 9.47 Å². The number of halogens is 3. The van der Waals surface area contributed by atoms with E-state index >= 15 is 0 Å². The summed E-state index contributed by atoms with van der Waals surface area (Å²) < 4.78 is 16.0. The van der Waals surface area contributed by atoms with Gasteiger partial charge < -0.3 is 14.2 Å². The normalized spacial score (nSPS) is 10.5. The standard InChI is InChI=1S/C15H14Cl3NO3/c1-20-9-11-3-5-14(15(18)19-11)22-7-6-21-13-4-2-10(16)8-12(13)17/h2-5,8H,6-7,9H2,1H3. The van der Waals surface area contributed by atoms with Gasteiger partial charge in [-0.1, -0.05) is 34.8 Å². The lowest BCUT2D eigenvalue weighted by molar-refractivity contribution is 0.181. The van der Waals surface area contributed by atoms with Crippen molar-refractivity contribution in [1.29, 1.82) is 0 Å². The van der Waals surface area contributed by atoms with Gasteiger partial charge in [0.2, 0.25) is 0 Å². The quantitative estimate of drug-likeness (QED) is 0.531. The molecule has 118 valence electrons. The molecule has 0 aliphatic heterocycles. The molecule has 2 aromatic rings. The molecule has 4 nitrogen and oxygen atoms in total. The number of pyridine rings is 1. The molecule has 2 rings (SSSR count). The molecule has 7 heteroatoms. The summed E-state index contributed by atoms with van der Waals surface area (Å²) in [5.41, 5.74) is 0.740. The van der Waals surface area contributed by atoms with Crippen molar-refractivity contribution in [2.45, 2.75) is 6.61 Å². The van der Waals surface area contributed by atoms with Crippen LogP contribution in [0.1, 0.15) is 5.69 Å². The van der Waals surface area contributed by atoms with Crippen LogP contribution in [0, 0.1) is 0 Å². The van der Waals surface area contributed by atoms with Crippen molar-refractivity contribution in [3.63, 3.8) is 0 Å². The first kappa shape index (κ1) is 17.2. The number of aromatic nitrogens is 1. The molecule has 0 atom stereocenters. The Morgan fingerprint density at radius 3 is 2.27 bits per heavy atom. The second kappa shape index (κ2) is 8.44. The Labute approximate surface area is 143 Å². The highest BCUT2D eigenvalue weighted by atomic mass is 35.5. The van der Waals surface area contributed by atoms with E-state index in [0.717, 1.165) is 5.69 Å². The Balaban J connectivity index is 1.83. The third kappa shape index (κ3) is 4.92. The Morgan fingerprint density at radius 1 is 0.955 bits per heavy atom. The number of hydrogen-bond acceptors (Lipinski definition) is 4. The van der Waals surface area contributed by atoms with Crippen molar-refractivity contribution in [2.24, 2.45) is 0 Å². The Morgan fingerprint density at radius 2 is 1.64 bits per heavy atom. The van der Waals surface area contributed by atoms with Gasteiger partial charge in [-0.05, 0) is 30.3 Å². The van der Waals surface area contributed by atoms with Crippen molar-refractivity contribution < 1.29 is 14.2 Å². The molecule has 0 spiro atoms. The van der Waals surface area contributed by atoms with Crippen molar-refractivity contribution >= 4 is 34.8 Å². The van der Waals surface area contributed by atoms with E-state index in [0.29, 0.717) is 46.5 Å². The molecule has 0 unspecified atom stereocenters. The zero-order valence-electron chi connectivity index (χ0n) is 11.8. The summed E-state index contributed by atoms with van der Waals surface area (Å²) >= 11 is 17.9. The third-order valence-electron chi connectivity index (χ3n) is 2.66. The Hall–Kier alpha value is -1.20. The fraction of sp³-hybridized carbons (Fsp3) is 0.267. The van der Waals surface area contributed by atoms with Gasteiger partial charge >= 0.3 is 0 Å². The second-order valence-electron chi connectivity index (χ2n) is 4.30. The smallest absolute Gasteiger partial charge is 0.171 e.